The van der Waals surface area contributed by atoms with Crippen LogP contribution in [0.4, 0.5) is 15.3 Å². The van der Waals surface area contributed by atoms with Gasteiger partial charge >= 0.3 is 12.2 Å². The first-order valence-corrected chi connectivity index (χ1v) is 19.3. The number of imidazole rings is 1. The number of aromatic nitrogens is 4. The maximum atomic E-state index is 13.6. The number of H-pyrrole nitrogens is 1. The fraction of sp³-hybridized carbons (Fsp3) is 0.463. The van der Waals surface area contributed by atoms with Crippen LogP contribution < -0.4 is 10.6 Å². The number of benzene rings is 2. The average molecular weight is 764 g/mol. The van der Waals surface area contributed by atoms with Gasteiger partial charge in [0.1, 0.15) is 17.9 Å². The number of nitrogens with one attached hydrogen (secondary N) is 3. The quantitative estimate of drug-likeness (QED) is 0.182. The third-order valence-corrected chi connectivity index (χ3v) is 11.0. The highest BCUT2D eigenvalue weighted by atomic mass is 16.5. The number of fused-ring (bicyclic) bond motifs is 2. The molecule has 0 aliphatic carbocycles. The summed E-state index contributed by atoms with van der Waals surface area (Å²) in [6.07, 6.45) is 2.66. The number of carbonyl (C=O) groups is 4. The number of carbonyl (C=O) groups excluding carboxylic acids is 4. The monoisotopic (exact) mass is 763 g/mol. The standard InChI is InChI=1S/C41H49N9O6/c1-22(2)35(45-40(53)55-5)38(51)49-17-7-9-33(49)32-21-26-19-24(11-13-27(26)42-32)28-15-16-29(48-47-28)25-12-14-30-31(20-25)44-37(43-30)34-10-8-18-50(34)39(52)36(23(3)4)46-41(54)56-6/h11-16,19-20,22-23,33-36H,7-10,17-18,21H2,1-6H3,(H,43,44)(H,45,53)(H,46,54)/t33-,34-,35-,36-/m0/s1. The second-order valence-electron chi connectivity index (χ2n) is 15.4. The van der Waals surface area contributed by atoms with Crippen molar-refractivity contribution >= 4 is 46.4 Å². The van der Waals surface area contributed by atoms with E-state index in [0.717, 1.165) is 70.5 Å². The van der Waals surface area contributed by atoms with E-state index in [-0.39, 0.29) is 35.7 Å². The van der Waals surface area contributed by atoms with Crippen LogP contribution in [0.1, 0.15) is 70.8 Å². The molecule has 294 valence electrons. The van der Waals surface area contributed by atoms with Crippen molar-refractivity contribution in [2.75, 3.05) is 27.3 Å². The zero-order valence-electron chi connectivity index (χ0n) is 32.7. The molecule has 3 N–H and O–H groups in total. The maximum Gasteiger partial charge on any atom is 0.407 e. The number of nitrogens with zero attached hydrogens (tertiary/aromatic N) is 6. The van der Waals surface area contributed by atoms with Gasteiger partial charge in [-0.05, 0) is 79.5 Å². The van der Waals surface area contributed by atoms with Crippen LogP contribution in [0.5, 0.6) is 0 Å². The molecule has 0 spiro atoms. The molecule has 4 atom stereocenters. The SMILES string of the molecule is COC(=O)N[C@H](C(=O)N1CCC[C@H]1C1=Nc2ccc(-c3ccc(-c4ccc5nc([C@@H]6CCCN6C(=O)[C@@H](NC(=O)OC)C(C)C)[nH]c5c4)nn3)cc2C1)C(C)C. The van der Waals surface area contributed by atoms with Crippen molar-refractivity contribution in [2.24, 2.45) is 16.8 Å². The summed E-state index contributed by atoms with van der Waals surface area (Å²) in [6.45, 7) is 8.80. The molecule has 2 saturated heterocycles. The Morgan fingerprint density at radius 2 is 1.30 bits per heavy atom. The van der Waals surface area contributed by atoms with Gasteiger partial charge in [0.05, 0.1) is 54.4 Å². The highest BCUT2D eigenvalue weighted by Gasteiger charge is 2.40. The van der Waals surface area contributed by atoms with E-state index >= 15 is 0 Å². The smallest absolute Gasteiger partial charge is 0.407 e. The van der Waals surface area contributed by atoms with Crippen LogP contribution >= 0.6 is 0 Å². The summed E-state index contributed by atoms with van der Waals surface area (Å²) < 4.78 is 9.54. The van der Waals surface area contributed by atoms with Crippen molar-refractivity contribution in [1.29, 1.82) is 0 Å². The van der Waals surface area contributed by atoms with Gasteiger partial charge in [-0.25, -0.2) is 14.6 Å². The Morgan fingerprint density at radius 3 is 1.88 bits per heavy atom. The highest BCUT2D eigenvalue weighted by Crippen LogP contribution is 2.36. The van der Waals surface area contributed by atoms with E-state index in [0.29, 0.717) is 31.0 Å². The van der Waals surface area contributed by atoms with Crippen LogP contribution in [0.25, 0.3) is 33.5 Å². The number of aromatic amines is 1. The van der Waals surface area contributed by atoms with E-state index in [1.807, 2.05) is 75.1 Å². The number of alkyl carbamates (subject to hydrolysis) is 2. The number of likely N-dealkylation sites (tertiary alicyclic amines) is 2. The van der Waals surface area contributed by atoms with Gasteiger partial charge in [0.25, 0.3) is 0 Å². The van der Waals surface area contributed by atoms with Crippen molar-refractivity contribution in [3.63, 3.8) is 0 Å². The van der Waals surface area contributed by atoms with Gasteiger partial charge in [-0.2, -0.15) is 0 Å². The Balaban J connectivity index is 1.03. The van der Waals surface area contributed by atoms with E-state index in [4.69, 9.17) is 19.5 Å². The van der Waals surface area contributed by atoms with Crippen molar-refractivity contribution in [3.8, 4) is 22.5 Å². The first kappa shape index (κ1) is 38.4. The average Bonchev–Trinajstić information content (AvgIpc) is 4.03. The number of amides is 4. The van der Waals surface area contributed by atoms with Crippen LogP contribution in [0.15, 0.2) is 53.5 Å². The van der Waals surface area contributed by atoms with E-state index in [1.165, 1.54) is 14.2 Å². The summed E-state index contributed by atoms with van der Waals surface area (Å²) >= 11 is 0. The molecule has 3 aliphatic rings. The molecule has 0 radical (unpaired) electrons. The van der Waals surface area contributed by atoms with Crippen molar-refractivity contribution in [1.82, 2.24) is 40.6 Å². The lowest BCUT2D eigenvalue weighted by atomic mass is 9.99. The molecule has 2 aromatic heterocycles. The summed E-state index contributed by atoms with van der Waals surface area (Å²) in [4.78, 5) is 68.1. The molecule has 4 aromatic rings. The van der Waals surface area contributed by atoms with E-state index in [9.17, 15) is 19.2 Å². The fourth-order valence-electron chi connectivity index (χ4n) is 8.01. The lowest BCUT2D eigenvalue weighted by Crippen LogP contribution is -2.53. The maximum absolute atomic E-state index is 13.6. The number of hydrogen-bond acceptors (Lipinski definition) is 10. The first-order valence-electron chi connectivity index (χ1n) is 19.3. The summed E-state index contributed by atoms with van der Waals surface area (Å²) in [6, 6.07) is 14.1. The molecule has 3 aliphatic heterocycles. The molecule has 0 unspecified atom stereocenters. The fourth-order valence-corrected chi connectivity index (χ4v) is 8.01. The van der Waals surface area contributed by atoms with E-state index in [2.05, 4.69) is 31.9 Å². The molecule has 0 bridgehead atoms. The topological polar surface area (TPSA) is 184 Å². The van der Waals surface area contributed by atoms with Gasteiger partial charge in [0, 0.05) is 36.3 Å². The minimum atomic E-state index is -0.704. The molecule has 56 heavy (non-hydrogen) atoms. The second-order valence-corrected chi connectivity index (χ2v) is 15.4. The lowest BCUT2D eigenvalue weighted by molar-refractivity contribution is -0.135. The molecular formula is C41H49N9O6. The number of ether oxygens (including phenoxy) is 2. The largest absolute Gasteiger partial charge is 0.453 e. The molecule has 5 heterocycles. The molecule has 2 aromatic carbocycles. The van der Waals surface area contributed by atoms with Crippen LogP contribution in [-0.4, -0.2) is 105 Å². The molecule has 2 fully saturated rings. The molecule has 15 heteroatoms. The minimum Gasteiger partial charge on any atom is -0.453 e. The Hall–Kier alpha value is -5.86. The summed E-state index contributed by atoms with van der Waals surface area (Å²) in [5.74, 6) is 0.216. The Labute approximate surface area is 325 Å². The van der Waals surface area contributed by atoms with Crippen LogP contribution in [0, 0.1) is 11.8 Å². The molecule has 4 amide bonds. The van der Waals surface area contributed by atoms with Gasteiger partial charge in [0.2, 0.25) is 11.8 Å². The van der Waals surface area contributed by atoms with Gasteiger partial charge in [-0.15, -0.1) is 10.2 Å². The first-order chi connectivity index (χ1) is 26.9. The summed E-state index contributed by atoms with van der Waals surface area (Å²) in [5, 5.41) is 14.6. The van der Waals surface area contributed by atoms with Crippen LogP contribution in [-0.2, 0) is 25.5 Å². The van der Waals surface area contributed by atoms with Crippen molar-refractivity contribution in [3.05, 3.63) is 59.9 Å². The van der Waals surface area contributed by atoms with E-state index < -0.39 is 24.3 Å². The molecule has 0 saturated carbocycles. The third-order valence-electron chi connectivity index (χ3n) is 11.0. The Morgan fingerprint density at radius 1 is 0.750 bits per heavy atom. The summed E-state index contributed by atoms with van der Waals surface area (Å²) in [7, 11) is 2.58. The normalized spacial score (nSPS) is 18.9. The predicted octanol–water partition coefficient (Wildman–Crippen LogP) is 5.73. The number of aliphatic imine (C=N–C) groups is 1. The van der Waals surface area contributed by atoms with Crippen molar-refractivity contribution < 1.29 is 28.7 Å². The number of methoxy groups -OCH3 is 2. The van der Waals surface area contributed by atoms with Gasteiger partial charge in [0.15, 0.2) is 0 Å². The van der Waals surface area contributed by atoms with Crippen molar-refractivity contribution in [2.45, 2.75) is 84.0 Å². The zero-order chi connectivity index (χ0) is 39.7. The third kappa shape index (κ3) is 7.66. The molecular weight excluding hydrogens is 715 g/mol. The van der Waals surface area contributed by atoms with Gasteiger partial charge < -0.3 is 34.9 Å². The lowest BCUT2D eigenvalue weighted by Gasteiger charge is -2.30. The second kappa shape index (κ2) is 16.1. The Bertz CT molecular complexity index is 2160. The summed E-state index contributed by atoms with van der Waals surface area (Å²) in [5.41, 5.74) is 7.74. The van der Waals surface area contributed by atoms with Gasteiger partial charge in [-0.1, -0.05) is 39.8 Å². The highest BCUT2D eigenvalue weighted by molar-refractivity contribution is 6.01. The minimum absolute atomic E-state index is 0.101. The zero-order valence-corrected chi connectivity index (χ0v) is 32.7. The van der Waals surface area contributed by atoms with Gasteiger partial charge in [-0.3, -0.25) is 14.6 Å². The predicted molar refractivity (Wildman–Crippen MR) is 210 cm³/mol. The number of hydrogen-bond donors (Lipinski definition) is 3. The molecule has 7 rings (SSSR count). The number of rotatable bonds is 10. The Kier molecular flexibility index (Phi) is 11.0. The van der Waals surface area contributed by atoms with E-state index in [1.54, 1.807) is 4.90 Å². The van der Waals surface area contributed by atoms with Crippen LogP contribution in [0.3, 0.4) is 0 Å². The molecule has 15 nitrogen and oxygen atoms in total. The van der Waals surface area contributed by atoms with Crippen LogP contribution in [0.2, 0.25) is 0 Å².